The third kappa shape index (κ3) is 2.10. The first-order valence-electron chi connectivity index (χ1n) is 8.12. The lowest BCUT2D eigenvalue weighted by molar-refractivity contribution is 0.627. The van der Waals surface area contributed by atoms with E-state index in [1.54, 1.807) is 29.3 Å². The lowest BCUT2D eigenvalue weighted by Crippen LogP contribution is -1.99. The Morgan fingerprint density at radius 1 is 0.923 bits per heavy atom. The van der Waals surface area contributed by atoms with E-state index in [0.717, 1.165) is 28.0 Å². The molecule has 0 aliphatic carbocycles. The molecule has 7 heteroatoms. The molecule has 3 heterocycles. The normalized spacial score (nSPS) is 11.5. The van der Waals surface area contributed by atoms with Gasteiger partial charge in [0.15, 0.2) is 17.1 Å². The van der Waals surface area contributed by atoms with Crippen LogP contribution >= 0.6 is 0 Å². The van der Waals surface area contributed by atoms with Crippen LogP contribution in [0.2, 0.25) is 0 Å². The number of rotatable bonds is 2. The van der Waals surface area contributed by atoms with Crippen LogP contribution in [0, 0.1) is 12.7 Å². The summed E-state index contributed by atoms with van der Waals surface area (Å²) in [5.41, 5.74) is 4.18. The second kappa shape index (κ2) is 5.45. The van der Waals surface area contributed by atoms with Gasteiger partial charge in [0.05, 0.1) is 17.3 Å². The van der Waals surface area contributed by atoms with E-state index in [2.05, 4.69) is 20.3 Å². The van der Waals surface area contributed by atoms with Crippen molar-refractivity contribution in [2.24, 2.45) is 0 Å². The summed E-state index contributed by atoms with van der Waals surface area (Å²) in [7, 11) is 0. The van der Waals surface area contributed by atoms with Gasteiger partial charge in [-0.15, -0.1) is 10.2 Å². The fourth-order valence-corrected chi connectivity index (χ4v) is 3.10. The molecule has 0 saturated carbocycles. The zero-order chi connectivity index (χ0) is 17.7. The Morgan fingerprint density at radius 2 is 1.73 bits per heavy atom. The van der Waals surface area contributed by atoms with Crippen molar-refractivity contribution in [3.63, 3.8) is 0 Å². The van der Waals surface area contributed by atoms with Crippen molar-refractivity contribution in [2.75, 3.05) is 0 Å². The van der Waals surface area contributed by atoms with E-state index >= 15 is 0 Å². The fraction of sp³-hybridized carbons (Fsp3) is 0.0526. The third-order valence-electron chi connectivity index (χ3n) is 4.43. The summed E-state index contributed by atoms with van der Waals surface area (Å²) in [6.45, 7) is 2.04. The van der Waals surface area contributed by atoms with Gasteiger partial charge in [-0.05, 0) is 36.8 Å². The summed E-state index contributed by atoms with van der Waals surface area (Å²) < 4.78 is 16.7. The van der Waals surface area contributed by atoms with Gasteiger partial charge >= 0.3 is 0 Å². The molecule has 0 unspecified atom stereocenters. The maximum absolute atomic E-state index is 13.2. The van der Waals surface area contributed by atoms with Crippen LogP contribution in [-0.2, 0) is 0 Å². The standard InChI is InChI=1S/C19H13FN6/c1-12-4-2-3-5-15(12)18-23-24-19-16-10-22-26(17(16)21-11-25(18)19)14-8-6-13(20)7-9-14/h2-11H,1H3. The Hall–Kier alpha value is -3.61. The minimum absolute atomic E-state index is 0.291. The third-order valence-corrected chi connectivity index (χ3v) is 4.43. The van der Waals surface area contributed by atoms with Crippen molar-refractivity contribution in [1.82, 2.24) is 29.4 Å². The minimum atomic E-state index is -0.291. The van der Waals surface area contributed by atoms with Crippen LogP contribution in [0.3, 0.4) is 0 Å². The summed E-state index contributed by atoms with van der Waals surface area (Å²) in [5.74, 6) is 0.447. The average molecular weight is 344 g/mol. The Labute approximate surface area is 147 Å². The van der Waals surface area contributed by atoms with Crippen LogP contribution in [0.5, 0.6) is 0 Å². The molecule has 26 heavy (non-hydrogen) atoms. The van der Waals surface area contributed by atoms with Crippen LogP contribution in [0.1, 0.15) is 5.56 Å². The number of hydrogen-bond donors (Lipinski definition) is 0. The van der Waals surface area contributed by atoms with Crippen molar-refractivity contribution < 1.29 is 4.39 Å². The topological polar surface area (TPSA) is 60.9 Å². The molecule has 126 valence electrons. The highest BCUT2D eigenvalue weighted by atomic mass is 19.1. The quantitative estimate of drug-likeness (QED) is 0.491. The molecule has 0 fully saturated rings. The zero-order valence-corrected chi connectivity index (χ0v) is 13.8. The van der Waals surface area contributed by atoms with Crippen molar-refractivity contribution in [1.29, 1.82) is 0 Å². The summed E-state index contributed by atoms with van der Waals surface area (Å²) in [4.78, 5) is 4.55. The molecule has 3 aromatic heterocycles. The molecule has 0 saturated heterocycles. The molecule has 5 aromatic rings. The molecule has 5 rings (SSSR count). The molecule has 0 bridgehead atoms. The lowest BCUT2D eigenvalue weighted by atomic mass is 10.1. The van der Waals surface area contributed by atoms with E-state index in [1.807, 2.05) is 35.6 Å². The Bertz CT molecular complexity index is 1250. The van der Waals surface area contributed by atoms with Crippen LogP contribution in [0.25, 0.3) is 33.8 Å². The highest BCUT2D eigenvalue weighted by molar-refractivity contribution is 5.90. The number of fused-ring (bicyclic) bond motifs is 3. The average Bonchev–Trinajstić information content (AvgIpc) is 3.26. The van der Waals surface area contributed by atoms with Gasteiger partial charge in [0.1, 0.15) is 12.1 Å². The summed E-state index contributed by atoms with van der Waals surface area (Å²) in [5, 5.41) is 13.9. The molecular weight excluding hydrogens is 331 g/mol. The number of hydrogen-bond acceptors (Lipinski definition) is 4. The van der Waals surface area contributed by atoms with Gasteiger partial charge in [-0.3, -0.25) is 4.40 Å². The molecule has 0 N–H and O–H groups in total. The SMILES string of the molecule is Cc1ccccc1-c1nnc2c3cnn(-c4ccc(F)cc4)c3ncn12. The van der Waals surface area contributed by atoms with E-state index in [4.69, 9.17) is 0 Å². The number of aromatic nitrogens is 6. The number of halogens is 1. The second-order valence-corrected chi connectivity index (χ2v) is 6.05. The van der Waals surface area contributed by atoms with E-state index in [0.29, 0.717) is 11.3 Å². The van der Waals surface area contributed by atoms with Crippen LogP contribution < -0.4 is 0 Å². The molecule has 6 nitrogen and oxygen atoms in total. The predicted octanol–water partition coefficient (Wildman–Crippen LogP) is 3.58. The smallest absolute Gasteiger partial charge is 0.175 e. The first kappa shape index (κ1) is 14.7. The zero-order valence-electron chi connectivity index (χ0n) is 13.8. The number of benzene rings is 2. The van der Waals surface area contributed by atoms with E-state index in [1.165, 1.54) is 12.1 Å². The van der Waals surface area contributed by atoms with Gasteiger partial charge in [-0.2, -0.15) is 5.10 Å². The highest BCUT2D eigenvalue weighted by Gasteiger charge is 2.16. The van der Waals surface area contributed by atoms with Crippen LogP contribution in [0.4, 0.5) is 4.39 Å². The monoisotopic (exact) mass is 344 g/mol. The molecule has 0 radical (unpaired) electrons. The minimum Gasteiger partial charge on any atom is -0.265 e. The van der Waals surface area contributed by atoms with Gasteiger partial charge in [-0.1, -0.05) is 24.3 Å². The molecule has 0 atom stereocenters. The van der Waals surface area contributed by atoms with Gasteiger partial charge in [0.2, 0.25) is 0 Å². The predicted molar refractivity (Wildman–Crippen MR) is 95.5 cm³/mol. The van der Waals surface area contributed by atoms with E-state index in [9.17, 15) is 4.39 Å². The number of nitrogens with zero attached hydrogens (tertiary/aromatic N) is 6. The summed E-state index contributed by atoms with van der Waals surface area (Å²) in [6, 6.07) is 14.1. The largest absolute Gasteiger partial charge is 0.265 e. The Kier molecular flexibility index (Phi) is 3.08. The molecule has 0 aliphatic rings. The molecule has 0 amide bonds. The Morgan fingerprint density at radius 3 is 2.54 bits per heavy atom. The van der Waals surface area contributed by atoms with E-state index < -0.39 is 0 Å². The molecular formula is C19H13FN6. The molecule has 0 aliphatic heterocycles. The lowest BCUT2D eigenvalue weighted by Gasteiger charge is -2.05. The molecule has 2 aromatic carbocycles. The first-order valence-corrected chi connectivity index (χ1v) is 8.12. The van der Waals surface area contributed by atoms with Crippen LogP contribution in [0.15, 0.2) is 61.1 Å². The van der Waals surface area contributed by atoms with Gasteiger partial charge < -0.3 is 0 Å². The fourth-order valence-electron chi connectivity index (χ4n) is 3.10. The summed E-state index contributed by atoms with van der Waals surface area (Å²) >= 11 is 0. The maximum Gasteiger partial charge on any atom is 0.175 e. The maximum atomic E-state index is 13.2. The van der Waals surface area contributed by atoms with Crippen LogP contribution in [-0.4, -0.2) is 29.4 Å². The number of aryl methyl sites for hydroxylation is 1. The van der Waals surface area contributed by atoms with Gasteiger partial charge in [0.25, 0.3) is 0 Å². The Balaban J connectivity index is 1.73. The van der Waals surface area contributed by atoms with Gasteiger partial charge in [-0.25, -0.2) is 14.1 Å². The second-order valence-electron chi connectivity index (χ2n) is 6.05. The van der Waals surface area contributed by atoms with Crippen molar-refractivity contribution in [2.45, 2.75) is 6.92 Å². The molecule has 0 spiro atoms. The first-order chi connectivity index (χ1) is 12.7. The van der Waals surface area contributed by atoms with Gasteiger partial charge in [0, 0.05) is 5.56 Å². The van der Waals surface area contributed by atoms with Crippen molar-refractivity contribution >= 4 is 16.7 Å². The van der Waals surface area contributed by atoms with Crippen molar-refractivity contribution in [3.05, 3.63) is 72.4 Å². The van der Waals surface area contributed by atoms with E-state index in [-0.39, 0.29) is 5.82 Å². The highest BCUT2D eigenvalue weighted by Crippen LogP contribution is 2.25. The summed E-state index contributed by atoms with van der Waals surface area (Å²) in [6.07, 6.45) is 3.40. The van der Waals surface area contributed by atoms with Crippen molar-refractivity contribution in [3.8, 4) is 17.1 Å².